The van der Waals surface area contributed by atoms with Crippen LogP contribution in [0.5, 0.6) is 0 Å². The Kier molecular flexibility index (Phi) is 4.56. The van der Waals surface area contributed by atoms with Gasteiger partial charge >= 0.3 is 0 Å². The molecule has 1 aromatic carbocycles. The first-order chi connectivity index (χ1) is 13.6. The van der Waals surface area contributed by atoms with Gasteiger partial charge in [0.15, 0.2) is 0 Å². The van der Waals surface area contributed by atoms with E-state index >= 15 is 0 Å². The molecular weight excluding hydrogens is 362 g/mol. The largest absolute Gasteiger partial charge is 0.351 e. The van der Waals surface area contributed by atoms with Crippen LogP contribution in [0.4, 0.5) is 0 Å². The highest BCUT2D eigenvalue weighted by atomic mass is 16.2. The number of fused-ring (bicyclic) bond motifs is 2. The highest BCUT2D eigenvalue weighted by Gasteiger charge is 2.74. The molecular formula is C24H33N3O2. The molecule has 4 atom stereocenters. The third kappa shape index (κ3) is 3.06. The maximum atomic E-state index is 13.5. The normalized spacial score (nSPS) is 28.4. The Balaban J connectivity index is 1.52. The summed E-state index contributed by atoms with van der Waals surface area (Å²) in [5.41, 5.74) is 1.89. The lowest BCUT2D eigenvalue weighted by molar-refractivity contribution is -0.135. The maximum absolute atomic E-state index is 13.5. The number of hydrogen-bond donors (Lipinski definition) is 2. The summed E-state index contributed by atoms with van der Waals surface area (Å²) in [5, 5.41) is 4.02. The zero-order valence-corrected chi connectivity index (χ0v) is 18.4. The SMILES string of the molecule is CC(C)C[C@H](NC(=O)c1cc2ccccc2[nH]1)C(=O)N1C[C@@]2(C)[C@@H]([C@H]1C)C2(C)C. The predicted molar refractivity (Wildman–Crippen MR) is 116 cm³/mol. The van der Waals surface area contributed by atoms with Crippen LogP contribution in [0.15, 0.2) is 30.3 Å². The predicted octanol–water partition coefficient (Wildman–Crippen LogP) is 4.21. The standard InChI is InChI=1S/C24H33N3O2/c1-14(2)11-19(22(29)27-13-24(6)20(15(27)3)23(24,4)5)26-21(28)18-12-16-9-7-8-10-17(16)25-18/h7-10,12,14-15,19-20,25H,11,13H2,1-6H3,(H,26,28)/t15-,19+,20+,24+/m1/s1. The zero-order chi connectivity index (χ0) is 21.1. The minimum atomic E-state index is -0.499. The molecule has 4 rings (SSSR count). The van der Waals surface area contributed by atoms with Crippen LogP contribution in [-0.2, 0) is 4.79 Å². The molecule has 2 heterocycles. The van der Waals surface area contributed by atoms with E-state index in [1.807, 2.05) is 35.2 Å². The number of amides is 2. The highest BCUT2D eigenvalue weighted by molar-refractivity contribution is 6.00. The van der Waals surface area contributed by atoms with Gasteiger partial charge in [-0.25, -0.2) is 0 Å². The molecule has 29 heavy (non-hydrogen) atoms. The molecule has 1 saturated heterocycles. The van der Waals surface area contributed by atoms with E-state index in [9.17, 15) is 9.59 Å². The Morgan fingerprint density at radius 1 is 1.24 bits per heavy atom. The van der Waals surface area contributed by atoms with Crippen LogP contribution in [0.25, 0.3) is 10.9 Å². The van der Waals surface area contributed by atoms with Crippen molar-refractivity contribution >= 4 is 22.7 Å². The highest BCUT2D eigenvalue weighted by Crippen LogP contribution is 2.74. The van der Waals surface area contributed by atoms with Crippen molar-refractivity contribution in [2.45, 2.75) is 60.0 Å². The first kappa shape index (κ1) is 20.0. The molecule has 0 radical (unpaired) electrons. The van der Waals surface area contributed by atoms with Crippen molar-refractivity contribution in [2.24, 2.45) is 22.7 Å². The van der Waals surface area contributed by atoms with E-state index in [0.717, 1.165) is 17.4 Å². The summed E-state index contributed by atoms with van der Waals surface area (Å²) < 4.78 is 0. The lowest BCUT2D eigenvalue weighted by Crippen LogP contribution is -2.52. The Morgan fingerprint density at radius 3 is 2.52 bits per heavy atom. The van der Waals surface area contributed by atoms with Gasteiger partial charge in [0.05, 0.1) is 0 Å². The second-order valence-electron chi connectivity index (χ2n) is 10.2. The summed E-state index contributed by atoms with van der Waals surface area (Å²) in [6.07, 6.45) is 0.638. The van der Waals surface area contributed by atoms with Crippen LogP contribution in [0.3, 0.4) is 0 Å². The van der Waals surface area contributed by atoms with Gasteiger partial charge in [-0.15, -0.1) is 0 Å². The molecule has 2 aromatic rings. The summed E-state index contributed by atoms with van der Waals surface area (Å²) in [7, 11) is 0. The maximum Gasteiger partial charge on any atom is 0.268 e. The van der Waals surface area contributed by atoms with Gasteiger partial charge in [-0.3, -0.25) is 9.59 Å². The van der Waals surface area contributed by atoms with Gasteiger partial charge in [0, 0.05) is 23.5 Å². The molecule has 5 nitrogen and oxygen atoms in total. The van der Waals surface area contributed by atoms with Crippen LogP contribution < -0.4 is 5.32 Å². The molecule has 1 aromatic heterocycles. The van der Waals surface area contributed by atoms with Gasteiger partial charge in [0.2, 0.25) is 5.91 Å². The summed E-state index contributed by atoms with van der Waals surface area (Å²) in [6.45, 7) is 14.0. The number of carbonyl (C=O) groups excluding carboxylic acids is 2. The van der Waals surface area contributed by atoms with E-state index in [4.69, 9.17) is 0 Å². The quantitative estimate of drug-likeness (QED) is 0.797. The summed E-state index contributed by atoms with van der Waals surface area (Å²) in [5.74, 6) is 0.679. The number of piperidine rings is 1. The number of rotatable bonds is 5. The van der Waals surface area contributed by atoms with Gasteiger partial charge < -0.3 is 15.2 Å². The number of H-pyrrole nitrogens is 1. The van der Waals surface area contributed by atoms with Crippen molar-refractivity contribution < 1.29 is 9.59 Å². The number of para-hydroxylation sites is 1. The monoisotopic (exact) mass is 395 g/mol. The number of nitrogens with one attached hydrogen (secondary N) is 2. The van der Waals surface area contributed by atoms with Crippen molar-refractivity contribution in [3.05, 3.63) is 36.0 Å². The van der Waals surface area contributed by atoms with E-state index in [1.54, 1.807) is 0 Å². The Hall–Kier alpha value is -2.30. The molecule has 0 spiro atoms. The summed E-state index contributed by atoms with van der Waals surface area (Å²) in [4.78, 5) is 31.6. The molecule has 2 fully saturated rings. The molecule has 2 N–H and O–H groups in total. The van der Waals surface area contributed by atoms with Gasteiger partial charge in [0.1, 0.15) is 11.7 Å². The van der Waals surface area contributed by atoms with Crippen LogP contribution >= 0.6 is 0 Å². The molecule has 0 bridgehead atoms. The van der Waals surface area contributed by atoms with Gasteiger partial charge in [-0.2, -0.15) is 0 Å². The number of aromatic nitrogens is 1. The minimum Gasteiger partial charge on any atom is -0.351 e. The minimum absolute atomic E-state index is 0.0555. The fourth-order valence-electron chi connectivity index (χ4n) is 5.84. The van der Waals surface area contributed by atoms with E-state index in [-0.39, 0.29) is 28.7 Å². The first-order valence-electron chi connectivity index (χ1n) is 10.8. The Labute approximate surface area is 173 Å². The van der Waals surface area contributed by atoms with E-state index in [2.05, 4.69) is 51.8 Å². The van der Waals surface area contributed by atoms with Crippen molar-refractivity contribution in [1.82, 2.24) is 15.2 Å². The molecule has 0 unspecified atom stereocenters. The number of benzene rings is 1. The molecule has 2 aliphatic rings. The topological polar surface area (TPSA) is 65.2 Å². The number of likely N-dealkylation sites (tertiary alicyclic amines) is 1. The van der Waals surface area contributed by atoms with E-state index < -0.39 is 6.04 Å². The fourth-order valence-corrected chi connectivity index (χ4v) is 5.84. The van der Waals surface area contributed by atoms with Gasteiger partial charge in [-0.05, 0) is 48.1 Å². The van der Waals surface area contributed by atoms with Crippen LogP contribution in [0.2, 0.25) is 0 Å². The average molecular weight is 396 g/mol. The number of nitrogens with zero attached hydrogens (tertiary/aromatic N) is 1. The number of aromatic amines is 1. The van der Waals surface area contributed by atoms with Crippen molar-refractivity contribution in [3.8, 4) is 0 Å². The third-order valence-electron chi connectivity index (χ3n) is 7.69. The first-order valence-corrected chi connectivity index (χ1v) is 10.8. The molecule has 1 aliphatic heterocycles. The summed E-state index contributed by atoms with van der Waals surface area (Å²) in [6, 6.07) is 9.36. The summed E-state index contributed by atoms with van der Waals surface area (Å²) >= 11 is 0. The molecule has 1 saturated carbocycles. The molecule has 5 heteroatoms. The van der Waals surface area contributed by atoms with Crippen LogP contribution in [0.1, 0.15) is 58.5 Å². The van der Waals surface area contributed by atoms with Crippen LogP contribution in [0, 0.1) is 22.7 Å². The second-order valence-corrected chi connectivity index (χ2v) is 10.2. The third-order valence-corrected chi connectivity index (χ3v) is 7.69. The molecule has 2 amide bonds. The Morgan fingerprint density at radius 2 is 1.93 bits per heavy atom. The van der Waals surface area contributed by atoms with Gasteiger partial charge in [0.25, 0.3) is 5.91 Å². The van der Waals surface area contributed by atoms with Crippen molar-refractivity contribution in [3.63, 3.8) is 0 Å². The zero-order valence-electron chi connectivity index (χ0n) is 18.4. The second kappa shape index (κ2) is 6.61. The molecule has 1 aliphatic carbocycles. The lowest BCUT2D eigenvalue weighted by Gasteiger charge is -2.33. The van der Waals surface area contributed by atoms with E-state index in [0.29, 0.717) is 24.0 Å². The van der Waals surface area contributed by atoms with Crippen molar-refractivity contribution in [1.29, 1.82) is 0 Å². The molecule has 156 valence electrons. The number of carbonyl (C=O) groups is 2. The Bertz CT molecular complexity index is 927. The average Bonchev–Trinajstić information content (AvgIpc) is 3.00. The van der Waals surface area contributed by atoms with Crippen molar-refractivity contribution in [2.75, 3.05) is 6.54 Å². The lowest BCUT2D eigenvalue weighted by atomic mass is 9.95. The number of hydrogen-bond acceptors (Lipinski definition) is 2. The van der Waals surface area contributed by atoms with E-state index in [1.165, 1.54) is 0 Å². The van der Waals surface area contributed by atoms with Crippen LogP contribution in [-0.4, -0.2) is 40.3 Å². The van der Waals surface area contributed by atoms with Gasteiger partial charge in [-0.1, -0.05) is 52.8 Å². The fraction of sp³-hybridized carbons (Fsp3) is 0.583. The smallest absolute Gasteiger partial charge is 0.268 e.